The Balaban J connectivity index is 1.45. The molecule has 0 fully saturated rings. The van der Waals surface area contributed by atoms with Crippen LogP contribution in [0.2, 0.25) is 0 Å². The molecule has 5 heteroatoms. The highest BCUT2D eigenvalue weighted by Gasteiger charge is 2.17. The Labute approximate surface area is 206 Å². The molecule has 4 aromatic rings. The summed E-state index contributed by atoms with van der Waals surface area (Å²) < 4.78 is 0. The lowest BCUT2D eigenvalue weighted by molar-refractivity contribution is 0.0730. The highest BCUT2D eigenvalue weighted by molar-refractivity contribution is 5.93. The second-order valence-electron chi connectivity index (χ2n) is 8.56. The molecule has 0 aliphatic carbocycles. The molecule has 0 aliphatic rings. The Morgan fingerprint density at radius 2 is 1.40 bits per heavy atom. The van der Waals surface area contributed by atoms with Gasteiger partial charge in [0.2, 0.25) is 0 Å². The van der Waals surface area contributed by atoms with Gasteiger partial charge in [-0.1, -0.05) is 61.6 Å². The first-order chi connectivity index (χ1) is 17.1. The molecule has 0 bridgehead atoms. The quantitative estimate of drug-likeness (QED) is 0.329. The number of nitrogens with zero attached hydrogens (tertiary/aromatic N) is 2. The molecule has 3 aromatic carbocycles. The monoisotopic (exact) mass is 463 g/mol. The molecule has 1 heterocycles. The fourth-order valence-corrected chi connectivity index (χ4v) is 3.77. The fourth-order valence-electron chi connectivity index (χ4n) is 3.77. The Bertz CT molecular complexity index is 1280. The van der Waals surface area contributed by atoms with E-state index in [2.05, 4.69) is 53.2 Å². The molecule has 1 amide bonds. The normalized spacial score (nSPS) is 10.4. The van der Waals surface area contributed by atoms with Crippen molar-refractivity contribution >= 4 is 5.91 Å². The van der Waals surface area contributed by atoms with E-state index < -0.39 is 0 Å². The van der Waals surface area contributed by atoms with E-state index in [0.717, 1.165) is 28.7 Å². The average Bonchev–Trinajstić information content (AvgIpc) is 3.43. The van der Waals surface area contributed by atoms with Crippen LogP contribution in [0.3, 0.4) is 0 Å². The molecular weight excluding hydrogens is 434 g/mol. The summed E-state index contributed by atoms with van der Waals surface area (Å²) in [5.41, 5.74) is 5.72. The van der Waals surface area contributed by atoms with Crippen LogP contribution in [0.4, 0.5) is 0 Å². The van der Waals surface area contributed by atoms with Crippen LogP contribution in [0.25, 0.3) is 0 Å². The third-order valence-electron chi connectivity index (χ3n) is 5.79. The second-order valence-corrected chi connectivity index (χ2v) is 8.56. The highest BCUT2D eigenvalue weighted by Crippen LogP contribution is 2.17. The van der Waals surface area contributed by atoms with Crippen molar-refractivity contribution in [2.75, 3.05) is 0 Å². The topological polar surface area (TPSA) is 69.2 Å². The van der Waals surface area contributed by atoms with Gasteiger partial charge in [-0.2, -0.15) is 5.10 Å². The van der Waals surface area contributed by atoms with Crippen LogP contribution in [-0.4, -0.2) is 26.1 Å². The van der Waals surface area contributed by atoms with Crippen molar-refractivity contribution in [3.05, 3.63) is 119 Å². The fraction of sp³-hybridized carbons (Fsp3) is 0.200. The molecule has 0 radical (unpaired) electrons. The smallest absolute Gasteiger partial charge is 0.257 e. The van der Waals surface area contributed by atoms with Gasteiger partial charge in [0.05, 0.1) is 11.8 Å². The predicted octanol–water partition coefficient (Wildman–Crippen LogP) is 5.70. The molecule has 5 nitrogen and oxygen atoms in total. The minimum atomic E-state index is -0.113. The lowest BCUT2D eigenvalue weighted by Gasteiger charge is -2.22. The van der Waals surface area contributed by atoms with Gasteiger partial charge in [-0.25, -0.2) is 0 Å². The number of H-pyrrole nitrogens is 1. The number of benzene rings is 3. The zero-order chi connectivity index (χ0) is 24.5. The molecule has 176 valence electrons. The number of hydrogen-bond donors (Lipinski definition) is 2. The molecule has 1 aromatic heterocycles. The SMILES string of the molecule is CCCCc1ccc(C#Cc2ccc(CN(Cc3ccc(O)cc3)C(=O)c3cn[nH]c3)cc2)cc1. The molecule has 0 unspecified atom stereocenters. The van der Waals surface area contributed by atoms with Gasteiger partial charge < -0.3 is 10.0 Å². The van der Waals surface area contributed by atoms with Crippen LogP contribution >= 0.6 is 0 Å². The van der Waals surface area contributed by atoms with Crippen LogP contribution in [-0.2, 0) is 19.5 Å². The van der Waals surface area contributed by atoms with Crippen LogP contribution in [0.15, 0.2) is 85.2 Å². The van der Waals surface area contributed by atoms with Gasteiger partial charge in [0, 0.05) is 30.4 Å². The van der Waals surface area contributed by atoms with Gasteiger partial charge in [-0.15, -0.1) is 0 Å². The predicted molar refractivity (Wildman–Crippen MR) is 138 cm³/mol. The number of amides is 1. The Morgan fingerprint density at radius 1 is 0.857 bits per heavy atom. The van der Waals surface area contributed by atoms with Crippen molar-refractivity contribution < 1.29 is 9.90 Å². The molecule has 35 heavy (non-hydrogen) atoms. The summed E-state index contributed by atoms with van der Waals surface area (Å²) in [5.74, 6) is 6.55. The number of phenolic OH excluding ortho intramolecular Hbond substituents is 1. The maximum atomic E-state index is 13.1. The van der Waals surface area contributed by atoms with Crippen molar-refractivity contribution in [1.82, 2.24) is 15.1 Å². The molecule has 0 spiro atoms. The average molecular weight is 464 g/mol. The van der Waals surface area contributed by atoms with Gasteiger partial charge >= 0.3 is 0 Å². The maximum Gasteiger partial charge on any atom is 0.257 e. The number of carbonyl (C=O) groups is 1. The zero-order valence-electron chi connectivity index (χ0n) is 19.9. The summed E-state index contributed by atoms with van der Waals surface area (Å²) >= 11 is 0. The number of rotatable bonds is 8. The second kappa shape index (κ2) is 11.7. The van der Waals surface area contributed by atoms with E-state index in [1.807, 2.05) is 36.4 Å². The Morgan fingerprint density at radius 3 is 1.91 bits per heavy atom. The van der Waals surface area contributed by atoms with E-state index in [1.165, 1.54) is 24.6 Å². The van der Waals surface area contributed by atoms with Crippen molar-refractivity contribution in [1.29, 1.82) is 0 Å². The van der Waals surface area contributed by atoms with Gasteiger partial charge in [0.25, 0.3) is 5.91 Å². The molecule has 4 rings (SSSR count). The minimum Gasteiger partial charge on any atom is -0.508 e. The number of aryl methyl sites for hydroxylation is 1. The van der Waals surface area contributed by atoms with E-state index in [1.54, 1.807) is 23.2 Å². The molecule has 0 atom stereocenters. The third kappa shape index (κ3) is 6.84. The van der Waals surface area contributed by atoms with E-state index in [4.69, 9.17) is 0 Å². The Kier molecular flexibility index (Phi) is 7.98. The number of unbranched alkanes of at least 4 members (excludes halogenated alkanes) is 1. The first-order valence-corrected chi connectivity index (χ1v) is 11.9. The first-order valence-electron chi connectivity index (χ1n) is 11.9. The van der Waals surface area contributed by atoms with E-state index in [-0.39, 0.29) is 11.7 Å². The number of phenols is 1. The Hall–Kier alpha value is -4.30. The zero-order valence-corrected chi connectivity index (χ0v) is 19.9. The lowest BCUT2D eigenvalue weighted by atomic mass is 10.1. The van der Waals surface area contributed by atoms with Crippen molar-refractivity contribution in [3.63, 3.8) is 0 Å². The lowest BCUT2D eigenvalue weighted by Crippen LogP contribution is -2.29. The van der Waals surface area contributed by atoms with Crippen LogP contribution in [0, 0.1) is 11.8 Å². The number of carbonyl (C=O) groups excluding carboxylic acids is 1. The van der Waals surface area contributed by atoms with E-state index >= 15 is 0 Å². The van der Waals surface area contributed by atoms with Crippen LogP contribution in [0.5, 0.6) is 5.75 Å². The molecule has 0 saturated heterocycles. The summed E-state index contributed by atoms with van der Waals surface area (Å²) in [6, 6.07) is 23.3. The maximum absolute atomic E-state index is 13.1. The number of aromatic nitrogens is 2. The van der Waals surface area contributed by atoms with E-state index in [0.29, 0.717) is 18.7 Å². The number of nitrogens with one attached hydrogen (secondary N) is 1. The first kappa shape index (κ1) is 23.8. The van der Waals surface area contributed by atoms with Crippen LogP contribution in [0.1, 0.15) is 57.9 Å². The van der Waals surface area contributed by atoms with Gasteiger partial charge in [0.15, 0.2) is 0 Å². The van der Waals surface area contributed by atoms with Gasteiger partial charge in [0.1, 0.15) is 5.75 Å². The van der Waals surface area contributed by atoms with Crippen molar-refractivity contribution in [3.8, 4) is 17.6 Å². The van der Waals surface area contributed by atoms with Gasteiger partial charge in [-0.05, 0) is 65.9 Å². The summed E-state index contributed by atoms with van der Waals surface area (Å²) in [6.07, 6.45) is 6.64. The summed E-state index contributed by atoms with van der Waals surface area (Å²) in [6.45, 7) is 3.06. The summed E-state index contributed by atoms with van der Waals surface area (Å²) in [4.78, 5) is 14.8. The number of aromatic hydroxyl groups is 1. The summed E-state index contributed by atoms with van der Waals surface area (Å²) in [7, 11) is 0. The third-order valence-corrected chi connectivity index (χ3v) is 5.79. The minimum absolute atomic E-state index is 0.113. The molecule has 2 N–H and O–H groups in total. The van der Waals surface area contributed by atoms with Crippen LogP contribution < -0.4 is 0 Å². The number of aromatic amines is 1. The van der Waals surface area contributed by atoms with E-state index in [9.17, 15) is 9.90 Å². The molecule has 0 aliphatic heterocycles. The molecular formula is C30H29N3O2. The standard InChI is InChI=1S/C30H29N3O2/c1-2-3-4-23-5-7-24(8-6-23)9-10-25-11-13-26(14-12-25)21-33(30(35)28-19-31-32-20-28)22-27-15-17-29(34)18-16-27/h5-8,11-20,34H,2-4,21-22H2,1H3,(H,31,32). The number of hydrogen-bond acceptors (Lipinski definition) is 3. The van der Waals surface area contributed by atoms with Gasteiger partial charge in [-0.3, -0.25) is 9.89 Å². The van der Waals surface area contributed by atoms with Crippen molar-refractivity contribution in [2.24, 2.45) is 0 Å². The highest BCUT2D eigenvalue weighted by atomic mass is 16.3. The molecule has 0 saturated carbocycles. The van der Waals surface area contributed by atoms with Crippen molar-refractivity contribution in [2.45, 2.75) is 39.3 Å². The summed E-state index contributed by atoms with van der Waals surface area (Å²) in [5, 5.41) is 16.2. The largest absolute Gasteiger partial charge is 0.508 e.